The Morgan fingerprint density at radius 2 is 1.88 bits per heavy atom. The van der Waals surface area contributed by atoms with E-state index in [1.807, 2.05) is 12.1 Å². The molecule has 0 fully saturated rings. The number of ether oxygens (including phenoxy) is 1. The summed E-state index contributed by atoms with van der Waals surface area (Å²) in [5, 5.41) is 4.55. The minimum Gasteiger partial charge on any atom is -0.497 e. The molecule has 2 nitrogen and oxygen atoms in total. The number of methoxy groups -OCH3 is 1. The fourth-order valence-corrected chi connectivity index (χ4v) is 1.89. The van der Waals surface area contributed by atoms with Gasteiger partial charge in [0, 0.05) is 5.33 Å². The zero-order chi connectivity index (χ0) is 11.6. The van der Waals surface area contributed by atoms with Gasteiger partial charge in [-0.25, -0.2) is 0 Å². The molecule has 0 amide bonds. The normalized spacial score (nSPS) is 10.4. The number of hydrogen-bond donors (Lipinski definition) is 1. The number of halogens is 1. The Bertz CT molecular complexity index is 274. The summed E-state index contributed by atoms with van der Waals surface area (Å²) < 4.78 is 5.12. The molecule has 0 bridgehead atoms. The second kappa shape index (κ2) is 8.59. The maximum Gasteiger partial charge on any atom is 0.118 e. The SMILES string of the molecule is COc1ccc(CCNCCCCBr)cc1. The zero-order valence-electron chi connectivity index (χ0n) is 9.84. The number of alkyl halides is 1. The average molecular weight is 286 g/mol. The number of rotatable bonds is 8. The molecule has 1 rings (SSSR count). The van der Waals surface area contributed by atoms with Gasteiger partial charge in [-0.3, -0.25) is 0 Å². The third-order valence-corrected chi connectivity index (χ3v) is 3.05. The van der Waals surface area contributed by atoms with Crippen LogP contribution in [0.1, 0.15) is 18.4 Å². The lowest BCUT2D eigenvalue weighted by atomic mass is 10.1. The molecule has 0 aliphatic carbocycles. The fourth-order valence-electron chi connectivity index (χ4n) is 1.49. The van der Waals surface area contributed by atoms with Crippen molar-refractivity contribution < 1.29 is 4.74 Å². The van der Waals surface area contributed by atoms with Crippen molar-refractivity contribution in [2.75, 3.05) is 25.5 Å². The van der Waals surface area contributed by atoms with E-state index in [1.165, 1.54) is 18.4 Å². The smallest absolute Gasteiger partial charge is 0.118 e. The van der Waals surface area contributed by atoms with Gasteiger partial charge in [0.15, 0.2) is 0 Å². The van der Waals surface area contributed by atoms with Crippen LogP contribution in [0.15, 0.2) is 24.3 Å². The molecule has 0 aromatic heterocycles. The van der Waals surface area contributed by atoms with Crippen molar-refractivity contribution in [2.24, 2.45) is 0 Å². The molecule has 1 aromatic carbocycles. The molecule has 0 radical (unpaired) electrons. The first-order valence-electron chi connectivity index (χ1n) is 5.76. The summed E-state index contributed by atoms with van der Waals surface area (Å²) in [5.41, 5.74) is 1.36. The van der Waals surface area contributed by atoms with Crippen molar-refractivity contribution in [3.63, 3.8) is 0 Å². The number of nitrogens with one attached hydrogen (secondary N) is 1. The summed E-state index contributed by atoms with van der Waals surface area (Å²) in [5.74, 6) is 0.925. The van der Waals surface area contributed by atoms with Crippen molar-refractivity contribution >= 4 is 15.9 Å². The van der Waals surface area contributed by atoms with E-state index in [1.54, 1.807) is 7.11 Å². The van der Waals surface area contributed by atoms with E-state index in [0.29, 0.717) is 0 Å². The van der Waals surface area contributed by atoms with E-state index in [-0.39, 0.29) is 0 Å². The molecule has 0 spiro atoms. The first-order chi connectivity index (χ1) is 7.86. The van der Waals surface area contributed by atoms with Crippen molar-refractivity contribution in [2.45, 2.75) is 19.3 Å². The van der Waals surface area contributed by atoms with Crippen LogP contribution in [0.25, 0.3) is 0 Å². The van der Waals surface area contributed by atoms with Crippen LogP contribution in [0.3, 0.4) is 0 Å². The summed E-state index contributed by atoms with van der Waals surface area (Å²) in [7, 11) is 1.69. The van der Waals surface area contributed by atoms with Crippen LogP contribution in [0.2, 0.25) is 0 Å². The van der Waals surface area contributed by atoms with Gasteiger partial charge in [0.05, 0.1) is 7.11 Å². The highest BCUT2D eigenvalue weighted by molar-refractivity contribution is 9.09. The van der Waals surface area contributed by atoms with Gasteiger partial charge in [-0.05, 0) is 50.0 Å². The lowest BCUT2D eigenvalue weighted by molar-refractivity contribution is 0.414. The summed E-state index contributed by atoms with van der Waals surface area (Å²) in [6.07, 6.45) is 3.57. The fraction of sp³-hybridized carbons (Fsp3) is 0.538. The second-order valence-corrected chi connectivity index (χ2v) is 4.54. The van der Waals surface area contributed by atoms with E-state index in [2.05, 4.69) is 33.4 Å². The van der Waals surface area contributed by atoms with Crippen molar-refractivity contribution in [3.05, 3.63) is 29.8 Å². The molecule has 0 aliphatic rings. The third-order valence-electron chi connectivity index (χ3n) is 2.49. The molecule has 0 saturated carbocycles. The van der Waals surface area contributed by atoms with Crippen LogP contribution in [-0.2, 0) is 6.42 Å². The van der Waals surface area contributed by atoms with Crippen molar-refractivity contribution in [1.82, 2.24) is 5.32 Å². The van der Waals surface area contributed by atoms with Crippen molar-refractivity contribution in [1.29, 1.82) is 0 Å². The van der Waals surface area contributed by atoms with E-state index in [4.69, 9.17) is 4.74 Å². The Balaban J connectivity index is 2.12. The summed E-state index contributed by atoms with van der Waals surface area (Å²) in [4.78, 5) is 0. The van der Waals surface area contributed by atoms with E-state index < -0.39 is 0 Å². The average Bonchev–Trinajstić information content (AvgIpc) is 2.34. The highest BCUT2D eigenvalue weighted by Crippen LogP contribution is 2.11. The van der Waals surface area contributed by atoms with E-state index in [0.717, 1.165) is 30.6 Å². The van der Waals surface area contributed by atoms with Gasteiger partial charge >= 0.3 is 0 Å². The first-order valence-corrected chi connectivity index (χ1v) is 6.88. The molecule has 3 heteroatoms. The van der Waals surface area contributed by atoms with Gasteiger partial charge < -0.3 is 10.1 Å². The highest BCUT2D eigenvalue weighted by atomic mass is 79.9. The topological polar surface area (TPSA) is 21.3 Å². The van der Waals surface area contributed by atoms with Crippen LogP contribution in [0.5, 0.6) is 5.75 Å². The number of hydrogen-bond acceptors (Lipinski definition) is 2. The van der Waals surface area contributed by atoms with Crippen LogP contribution in [0.4, 0.5) is 0 Å². The predicted octanol–water partition coefficient (Wildman–Crippen LogP) is 3.00. The van der Waals surface area contributed by atoms with Gasteiger partial charge in [0.2, 0.25) is 0 Å². The lowest BCUT2D eigenvalue weighted by Crippen LogP contribution is -2.18. The molecule has 0 aliphatic heterocycles. The molecule has 0 heterocycles. The minimum atomic E-state index is 0.925. The largest absolute Gasteiger partial charge is 0.497 e. The van der Waals surface area contributed by atoms with E-state index in [9.17, 15) is 0 Å². The maximum atomic E-state index is 5.12. The molecule has 1 N–H and O–H groups in total. The Morgan fingerprint density at radius 3 is 2.50 bits per heavy atom. The molecule has 90 valence electrons. The molecule has 0 saturated heterocycles. The third kappa shape index (κ3) is 5.52. The van der Waals surface area contributed by atoms with Crippen LogP contribution < -0.4 is 10.1 Å². The second-order valence-electron chi connectivity index (χ2n) is 3.74. The van der Waals surface area contributed by atoms with Crippen molar-refractivity contribution in [3.8, 4) is 5.75 Å². The Labute approximate surface area is 107 Å². The molecule has 0 atom stereocenters. The van der Waals surface area contributed by atoms with Gasteiger partial charge in [-0.15, -0.1) is 0 Å². The molecular formula is C13H20BrNO. The first kappa shape index (κ1) is 13.5. The van der Waals surface area contributed by atoms with E-state index >= 15 is 0 Å². The van der Waals surface area contributed by atoms with Crippen LogP contribution in [-0.4, -0.2) is 25.5 Å². The monoisotopic (exact) mass is 285 g/mol. The van der Waals surface area contributed by atoms with Gasteiger partial charge in [0.1, 0.15) is 5.75 Å². The Kier molecular flexibility index (Phi) is 7.26. The van der Waals surface area contributed by atoms with Gasteiger partial charge in [0.25, 0.3) is 0 Å². The quantitative estimate of drug-likeness (QED) is 0.586. The van der Waals surface area contributed by atoms with Crippen LogP contribution >= 0.6 is 15.9 Å². The zero-order valence-corrected chi connectivity index (χ0v) is 11.4. The number of unbranched alkanes of at least 4 members (excludes halogenated alkanes) is 1. The number of benzene rings is 1. The summed E-state index contributed by atoms with van der Waals surface area (Å²) >= 11 is 3.43. The molecular weight excluding hydrogens is 266 g/mol. The van der Waals surface area contributed by atoms with Gasteiger partial charge in [-0.1, -0.05) is 28.1 Å². The molecule has 0 unspecified atom stereocenters. The standard InChI is InChI=1S/C13H20BrNO/c1-16-13-6-4-12(5-7-13)8-11-15-10-3-2-9-14/h4-7,15H,2-3,8-11H2,1H3. The lowest BCUT2D eigenvalue weighted by Gasteiger charge is -2.05. The summed E-state index contributed by atoms with van der Waals surface area (Å²) in [6, 6.07) is 8.28. The predicted molar refractivity (Wildman–Crippen MR) is 72.6 cm³/mol. The highest BCUT2D eigenvalue weighted by Gasteiger charge is 1.94. The summed E-state index contributed by atoms with van der Waals surface area (Å²) in [6.45, 7) is 2.16. The Hall–Kier alpha value is -0.540. The molecule has 16 heavy (non-hydrogen) atoms. The molecule has 1 aromatic rings. The maximum absolute atomic E-state index is 5.12. The minimum absolute atomic E-state index is 0.925. The Morgan fingerprint density at radius 1 is 1.12 bits per heavy atom. The van der Waals surface area contributed by atoms with Crippen LogP contribution in [0, 0.1) is 0 Å². The van der Waals surface area contributed by atoms with Gasteiger partial charge in [-0.2, -0.15) is 0 Å².